The van der Waals surface area contributed by atoms with E-state index in [4.69, 9.17) is 9.88 Å². The summed E-state index contributed by atoms with van der Waals surface area (Å²) in [6, 6.07) is 0.362. The predicted molar refractivity (Wildman–Crippen MR) is 54.4 cm³/mol. The van der Waals surface area contributed by atoms with Gasteiger partial charge < -0.3 is 10.1 Å². The summed E-state index contributed by atoms with van der Waals surface area (Å²) < 4.78 is 26.7. The molecule has 2 atom stereocenters. The Morgan fingerprint density at radius 2 is 2.29 bits per heavy atom. The Kier molecular flexibility index (Phi) is 4.31. The van der Waals surface area contributed by atoms with Crippen molar-refractivity contribution < 1.29 is 13.2 Å². The zero-order valence-corrected chi connectivity index (χ0v) is 9.22. The van der Waals surface area contributed by atoms with Crippen LogP contribution in [0.4, 0.5) is 0 Å². The highest BCUT2D eigenvalue weighted by Crippen LogP contribution is 2.12. The van der Waals surface area contributed by atoms with E-state index < -0.39 is 10.0 Å². The topological polar surface area (TPSA) is 81.4 Å². The molecule has 0 bridgehead atoms. The van der Waals surface area contributed by atoms with Gasteiger partial charge in [-0.3, -0.25) is 0 Å². The van der Waals surface area contributed by atoms with Gasteiger partial charge in [0, 0.05) is 19.2 Å². The van der Waals surface area contributed by atoms with Gasteiger partial charge in [0.05, 0.1) is 11.9 Å². The Labute approximate surface area is 85.1 Å². The smallest absolute Gasteiger partial charge is 0.210 e. The van der Waals surface area contributed by atoms with Crippen molar-refractivity contribution in [2.45, 2.75) is 31.9 Å². The van der Waals surface area contributed by atoms with Crippen molar-refractivity contribution >= 4 is 10.0 Å². The molecule has 1 aliphatic rings. The number of hydrogen-bond donors (Lipinski definition) is 2. The van der Waals surface area contributed by atoms with Crippen LogP contribution in [-0.4, -0.2) is 39.5 Å². The normalized spacial score (nSPS) is 29.0. The Bertz CT molecular complexity index is 266. The van der Waals surface area contributed by atoms with Crippen molar-refractivity contribution in [3.05, 3.63) is 0 Å². The molecule has 5 nitrogen and oxygen atoms in total. The van der Waals surface area contributed by atoms with Crippen molar-refractivity contribution in [3.63, 3.8) is 0 Å². The minimum absolute atomic E-state index is 0.00125. The summed E-state index contributed by atoms with van der Waals surface area (Å²) in [6.45, 7) is 3.19. The van der Waals surface area contributed by atoms with Crippen LogP contribution in [-0.2, 0) is 14.8 Å². The summed E-state index contributed by atoms with van der Waals surface area (Å²) in [4.78, 5) is 0. The summed E-state index contributed by atoms with van der Waals surface area (Å²) in [5, 5.41) is 8.06. The molecule has 6 heteroatoms. The molecule has 0 aromatic heterocycles. The monoisotopic (exact) mass is 222 g/mol. The number of rotatable bonds is 4. The molecule has 0 aromatic rings. The van der Waals surface area contributed by atoms with E-state index >= 15 is 0 Å². The lowest BCUT2D eigenvalue weighted by atomic mass is 10.0. The Balaban J connectivity index is 2.18. The van der Waals surface area contributed by atoms with Crippen LogP contribution >= 0.6 is 0 Å². The van der Waals surface area contributed by atoms with Crippen LogP contribution in [0.2, 0.25) is 0 Å². The van der Waals surface area contributed by atoms with E-state index in [1.165, 1.54) is 0 Å². The zero-order valence-electron chi connectivity index (χ0n) is 8.40. The van der Waals surface area contributed by atoms with Gasteiger partial charge in [-0.25, -0.2) is 13.6 Å². The highest BCUT2D eigenvalue weighted by atomic mass is 32.2. The maximum atomic E-state index is 10.7. The number of ether oxygens (including phenoxy) is 1. The highest BCUT2D eigenvalue weighted by molar-refractivity contribution is 7.89. The molecule has 0 aliphatic carbocycles. The van der Waals surface area contributed by atoms with Crippen molar-refractivity contribution in [3.8, 4) is 0 Å². The molecule has 84 valence electrons. The van der Waals surface area contributed by atoms with E-state index in [9.17, 15) is 8.42 Å². The number of nitrogens with two attached hydrogens (primary N) is 1. The van der Waals surface area contributed by atoms with Crippen LogP contribution < -0.4 is 10.5 Å². The number of hydrogen-bond acceptors (Lipinski definition) is 4. The molecular formula is C8H18N2O3S. The molecule has 0 amide bonds. The summed E-state index contributed by atoms with van der Waals surface area (Å²) in [6.07, 6.45) is 2.13. The first-order chi connectivity index (χ1) is 6.47. The zero-order chi connectivity index (χ0) is 10.6. The molecule has 1 heterocycles. The molecule has 3 N–H and O–H groups in total. The van der Waals surface area contributed by atoms with Gasteiger partial charge in [0.2, 0.25) is 10.0 Å². The summed E-state index contributed by atoms with van der Waals surface area (Å²) in [7, 11) is -3.33. The van der Waals surface area contributed by atoms with Gasteiger partial charge in [0.1, 0.15) is 0 Å². The molecule has 2 unspecified atom stereocenters. The Hall–Kier alpha value is -0.170. The summed E-state index contributed by atoms with van der Waals surface area (Å²) in [5.41, 5.74) is 0. The second-order valence-electron chi connectivity index (χ2n) is 3.72. The third kappa shape index (κ3) is 4.90. The van der Waals surface area contributed by atoms with Gasteiger partial charge in [-0.05, 0) is 19.8 Å². The third-order valence-electron chi connectivity index (χ3n) is 2.30. The van der Waals surface area contributed by atoms with E-state index in [0.717, 1.165) is 19.4 Å². The summed E-state index contributed by atoms with van der Waals surface area (Å²) in [5.74, 6) is -0.00125. The van der Waals surface area contributed by atoms with Gasteiger partial charge in [-0.15, -0.1) is 0 Å². The molecule has 1 rings (SSSR count). The fourth-order valence-corrected chi connectivity index (χ4v) is 1.99. The molecular weight excluding hydrogens is 204 g/mol. The maximum Gasteiger partial charge on any atom is 0.210 e. The molecule has 0 aromatic carbocycles. The molecule has 0 saturated carbocycles. The molecule has 1 aliphatic heterocycles. The fraction of sp³-hybridized carbons (Fsp3) is 1.00. The minimum Gasteiger partial charge on any atom is -0.378 e. The molecule has 0 spiro atoms. The van der Waals surface area contributed by atoms with Crippen LogP contribution in [0.25, 0.3) is 0 Å². The van der Waals surface area contributed by atoms with Crippen LogP contribution in [0.3, 0.4) is 0 Å². The first-order valence-electron chi connectivity index (χ1n) is 4.83. The Morgan fingerprint density at radius 1 is 1.57 bits per heavy atom. The van der Waals surface area contributed by atoms with E-state index in [2.05, 4.69) is 5.32 Å². The Morgan fingerprint density at radius 3 is 2.86 bits per heavy atom. The van der Waals surface area contributed by atoms with E-state index in [0.29, 0.717) is 12.6 Å². The highest BCUT2D eigenvalue weighted by Gasteiger charge is 2.18. The average Bonchev–Trinajstić information content (AvgIpc) is 2.01. The van der Waals surface area contributed by atoms with Crippen molar-refractivity contribution in [2.24, 2.45) is 5.14 Å². The molecule has 0 radical (unpaired) electrons. The molecule has 14 heavy (non-hydrogen) atoms. The molecule has 1 fully saturated rings. The lowest BCUT2D eigenvalue weighted by Crippen LogP contribution is -2.40. The minimum atomic E-state index is -3.33. The van der Waals surface area contributed by atoms with E-state index in [1.54, 1.807) is 0 Å². The van der Waals surface area contributed by atoms with Crippen LogP contribution in [0.1, 0.15) is 19.8 Å². The number of nitrogens with one attached hydrogen (secondary N) is 1. The predicted octanol–water partition coefficient (Wildman–Crippen LogP) is -0.568. The van der Waals surface area contributed by atoms with Crippen LogP contribution in [0.15, 0.2) is 0 Å². The number of primary sulfonamides is 1. The first-order valence-corrected chi connectivity index (χ1v) is 6.54. The van der Waals surface area contributed by atoms with E-state index in [1.807, 2.05) is 6.92 Å². The lowest BCUT2D eigenvalue weighted by molar-refractivity contribution is 0.0137. The van der Waals surface area contributed by atoms with Crippen molar-refractivity contribution in [2.75, 3.05) is 18.9 Å². The second kappa shape index (κ2) is 5.06. The second-order valence-corrected chi connectivity index (χ2v) is 5.46. The third-order valence-corrected chi connectivity index (χ3v) is 3.08. The van der Waals surface area contributed by atoms with Gasteiger partial charge in [-0.1, -0.05) is 0 Å². The van der Waals surface area contributed by atoms with Crippen LogP contribution in [0.5, 0.6) is 0 Å². The maximum absolute atomic E-state index is 10.7. The largest absolute Gasteiger partial charge is 0.378 e. The summed E-state index contributed by atoms with van der Waals surface area (Å²) >= 11 is 0. The number of sulfonamides is 1. The SMILES string of the molecule is CC1CC(NCCS(N)(=O)=O)CCO1. The lowest BCUT2D eigenvalue weighted by Gasteiger charge is -2.27. The van der Waals surface area contributed by atoms with Crippen molar-refractivity contribution in [1.29, 1.82) is 0 Å². The van der Waals surface area contributed by atoms with Gasteiger partial charge in [0.15, 0.2) is 0 Å². The average molecular weight is 222 g/mol. The van der Waals surface area contributed by atoms with Gasteiger partial charge >= 0.3 is 0 Å². The van der Waals surface area contributed by atoms with Crippen LogP contribution in [0, 0.1) is 0 Å². The quantitative estimate of drug-likeness (QED) is 0.667. The van der Waals surface area contributed by atoms with Crippen molar-refractivity contribution in [1.82, 2.24) is 5.32 Å². The van der Waals surface area contributed by atoms with E-state index in [-0.39, 0.29) is 11.9 Å². The standard InChI is InChI=1S/C8H18N2O3S/c1-7-6-8(2-4-13-7)10-3-5-14(9,11)12/h7-8,10H,2-6H2,1H3,(H2,9,11,12). The van der Waals surface area contributed by atoms with Gasteiger partial charge in [-0.2, -0.15) is 0 Å². The molecule has 1 saturated heterocycles. The van der Waals surface area contributed by atoms with Gasteiger partial charge in [0.25, 0.3) is 0 Å². The fourth-order valence-electron chi connectivity index (χ4n) is 1.59. The first kappa shape index (κ1) is 11.9.